The standard InChI is InChI=1S/C11H22N2O2/c1-4-13(7-9(2)3)11(14)10-8-15-6-5-12-10/h9-10,12H,4-8H2,1-3H3. The maximum absolute atomic E-state index is 12.0. The number of carbonyl (C=O) groups excluding carboxylic acids is 1. The van der Waals surface area contributed by atoms with Crippen molar-refractivity contribution in [2.24, 2.45) is 5.92 Å². The lowest BCUT2D eigenvalue weighted by molar-refractivity contribution is -0.136. The van der Waals surface area contributed by atoms with E-state index in [4.69, 9.17) is 4.74 Å². The summed E-state index contributed by atoms with van der Waals surface area (Å²) in [7, 11) is 0. The number of hydrogen-bond donors (Lipinski definition) is 1. The molecule has 1 heterocycles. The molecule has 1 saturated heterocycles. The van der Waals surface area contributed by atoms with Crippen molar-refractivity contribution in [1.82, 2.24) is 10.2 Å². The van der Waals surface area contributed by atoms with E-state index in [2.05, 4.69) is 19.2 Å². The number of likely N-dealkylation sites (N-methyl/N-ethyl adjacent to an activating group) is 1. The largest absolute Gasteiger partial charge is 0.378 e. The van der Waals surface area contributed by atoms with Gasteiger partial charge in [-0.2, -0.15) is 0 Å². The number of nitrogens with one attached hydrogen (secondary N) is 1. The molecular weight excluding hydrogens is 192 g/mol. The van der Waals surface area contributed by atoms with Gasteiger partial charge >= 0.3 is 0 Å². The summed E-state index contributed by atoms with van der Waals surface area (Å²) in [6, 6.07) is -0.141. The molecule has 1 N–H and O–H groups in total. The van der Waals surface area contributed by atoms with Gasteiger partial charge in [-0.25, -0.2) is 0 Å². The summed E-state index contributed by atoms with van der Waals surface area (Å²) >= 11 is 0. The highest BCUT2D eigenvalue weighted by molar-refractivity contribution is 5.82. The fourth-order valence-electron chi connectivity index (χ4n) is 1.76. The summed E-state index contributed by atoms with van der Waals surface area (Å²) < 4.78 is 5.29. The zero-order valence-electron chi connectivity index (χ0n) is 9.95. The van der Waals surface area contributed by atoms with Gasteiger partial charge < -0.3 is 15.0 Å². The van der Waals surface area contributed by atoms with Crippen LogP contribution in [-0.4, -0.2) is 49.7 Å². The minimum atomic E-state index is -0.141. The van der Waals surface area contributed by atoms with Crippen molar-refractivity contribution in [3.8, 4) is 0 Å². The van der Waals surface area contributed by atoms with Crippen LogP contribution in [0.25, 0.3) is 0 Å². The predicted octanol–water partition coefficient (Wildman–Crippen LogP) is 0.479. The van der Waals surface area contributed by atoms with Crippen LogP contribution in [0.2, 0.25) is 0 Å². The minimum absolute atomic E-state index is 0.141. The Morgan fingerprint density at radius 2 is 2.33 bits per heavy atom. The molecule has 1 rings (SSSR count). The third-order valence-corrected chi connectivity index (χ3v) is 2.50. The van der Waals surface area contributed by atoms with E-state index in [-0.39, 0.29) is 11.9 Å². The molecule has 0 aromatic carbocycles. The van der Waals surface area contributed by atoms with Crippen LogP contribution in [-0.2, 0) is 9.53 Å². The van der Waals surface area contributed by atoms with E-state index in [1.807, 2.05) is 11.8 Å². The van der Waals surface area contributed by atoms with E-state index in [0.29, 0.717) is 19.1 Å². The smallest absolute Gasteiger partial charge is 0.242 e. The second kappa shape index (κ2) is 6.08. The quantitative estimate of drug-likeness (QED) is 0.740. The number of hydrogen-bond acceptors (Lipinski definition) is 3. The number of ether oxygens (including phenoxy) is 1. The Morgan fingerprint density at radius 1 is 1.60 bits per heavy atom. The Bertz CT molecular complexity index is 201. The Hall–Kier alpha value is -0.610. The van der Waals surface area contributed by atoms with Crippen molar-refractivity contribution in [2.45, 2.75) is 26.8 Å². The minimum Gasteiger partial charge on any atom is -0.378 e. The molecule has 1 fully saturated rings. The maximum Gasteiger partial charge on any atom is 0.242 e. The molecule has 1 aliphatic rings. The highest BCUT2D eigenvalue weighted by Crippen LogP contribution is 2.04. The molecule has 0 radical (unpaired) electrons. The first kappa shape index (κ1) is 12.5. The zero-order chi connectivity index (χ0) is 11.3. The van der Waals surface area contributed by atoms with Crippen LogP contribution >= 0.6 is 0 Å². The van der Waals surface area contributed by atoms with Crippen molar-refractivity contribution in [3.63, 3.8) is 0 Å². The summed E-state index contributed by atoms with van der Waals surface area (Å²) in [5, 5.41) is 3.19. The van der Waals surface area contributed by atoms with Crippen molar-refractivity contribution in [3.05, 3.63) is 0 Å². The average Bonchev–Trinajstić information content (AvgIpc) is 2.26. The van der Waals surface area contributed by atoms with Gasteiger partial charge in [-0.3, -0.25) is 4.79 Å². The van der Waals surface area contributed by atoms with Crippen molar-refractivity contribution in [1.29, 1.82) is 0 Å². The Kier molecular flexibility index (Phi) is 5.05. The lowest BCUT2D eigenvalue weighted by Crippen LogP contribution is -2.53. The van der Waals surface area contributed by atoms with Crippen LogP contribution in [0, 0.1) is 5.92 Å². The molecule has 1 amide bonds. The molecule has 1 aliphatic heterocycles. The molecule has 4 heteroatoms. The first-order valence-electron chi connectivity index (χ1n) is 5.75. The molecule has 0 aromatic rings. The van der Waals surface area contributed by atoms with Crippen LogP contribution in [0.4, 0.5) is 0 Å². The molecular formula is C11H22N2O2. The van der Waals surface area contributed by atoms with E-state index < -0.39 is 0 Å². The molecule has 0 spiro atoms. The first-order valence-corrected chi connectivity index (χ1v) is 5.75. The number of rotatable bonds is 4. The second-order valence-electron chi connectivity index (χ2n) is 4.35. The van der Waals surface area contributed by atoms with Crippen LogP contribution in [0.1, 0.15) is 20.8 Å². The molecule has 0 aromatic heterocycles. The van der Waals surface area contributed by atoms with Gasteiger partial charge in [-0.05, 0) is 12.8 Å². The Balaban J connectivity index is 2.47. The topological polar surface area (TPSA) is 41.6 Å². The third kappa shape index (κ3) is 3.80. The van der Waals surface area contributed by atoms with Gasteiger partial charge in [0, 0.05) is 19.6 Å². The summed E-state index contributed by atoms with van der Waals surface area (Å²) in [6.07, 6.45) is 0. The van der Waals surface area contributed by atoms with Crippen LogP contribution < -0.4 is 5.32 Å². The lowest BCUT2D eigenvalue weighted by Gasteiger charge is -2.30. The van der Waals surface area contributed by atoms with Crippen LogP contribution in [0.5, 0.6) is 0 Å². The zero-order valence-corrected chi connectivity index (χ0v) is 9.95. The van der Waals surface area contributed by atoms with E-state index in [1.54, 1.807) is 0 Å². The normalized spacial score (nSPS) is 21.7. The van der Waals surface area contributed by atoms with Crippen molar-refractivity contribution in [2.75, 3.05) is 32.8 Å². The average molecular weight is 214 g/mol. The fraction of sp³-hybridized carbons (Fsp3) is 0.909. The van der Waals surface area contributed by atoms with E-state index in [0.717, 1.165) is 19.6 Å². The van der Waals surface area contributed by atoms with Crippen LogP contribution in [0.15, 0.2) is 0 Å². The van der Waals surface area contributed by atoms with Gasteiger partial charge in [0.1, 0.15) is 6.04 Å². The molecule has 0 bridgehead atoms. The number of carbonyl (C=O) groups is 1. The molecule has 1 atom stereocenters. The summed E-state index contributed by atoms with van der Waals surface area (Å²) in [5.41, 5.74) is 0. The van der Waals surface area contributed by atoms with Gasteiger partial charge in [0.05, 0.1) is 13.2 Å². The molecule has 1 unspecified atom stereocenters. The van der Waals surface area contributed by atoms with E-state index in [9.17, 15) is 4.79 Å². The Labute approximate surface area is 92.0 Å². The van der Waals surface area contributed by atoms with Gasteiger partial charge in [0.2, 0.25) is 5.91 Å². The van der Waals surface area contributed by atoms with Gasteiger partial charge in [0.25, 0.3) is 0 Å². The van der Waals surface area contributed by atoms with Gasteiger partial charge in [0.15, 0.2) is 0 Å². The summed E-state index contributed by atoms with van der Waals surface area (Å²) in [4.78, 5) is 13.9. The summed E-state index contributed by atoms with van der Waals surface area (Å²) in [5.74, 6) is 0.685. The maximum atomic E-state index is 12.0. The van der Waals surface area contributed by atoms with Gasteiger partial charge in [-0.1, -0.05) is 13.8 Å². The monoisotopic (exact) mass is 214 g/mol. The lowest BCUT2D eigenvalue weighted by atomic mass is 10.1. The molecule has 4 nitrogen and oxygen atoms in total. The molecule has 0 aliphatic carbocycles. The summed E-state index contributed by atoms with van der Waals surface area (Å²) in [6.45, 7) is 9.86. The SMILES string of the molecule is CCN(CC(C)C)C(=O)C1COCCN1. The second-order valence-corrected chi connectivity index (χ2v) is 4.35. The molecule has 0 saturated carbocycles. The van der Waals surface area contributed by atoms with Crippen molar-refractivity contribution < 1.29 is 9.53 Å². The number of amides is 1. The van der Waals surface area contributed by atoms with Gasteiger partial charge in [-0.15, -0.1) is 0 Å². The predicted molar refractivity (Wildman–Crippen MR) is 59.7 cm³/mol. The third-order valence-electron chi connectivity index (χ3n) is 2.50. The van der Waals surface area contributed by atoms with Crippen LogP contribution in [0.3, 0.4) is 0 Å². The Morgan fingerprint density at radius 3 is 2.80 bits per heavy atom. The number of nitrogens with zero attached hydrogens (tertiary/aromatic N) is 1. The highest BCUT2D eigenvalue weighted by Gasteiger charge is 2.25. The first-order chi connectivity index (χ1) is 7.15. The molecule has 15 heavy (non-hydrogen) atoms. The molecule has 88 valence electrons. The van der Waals surface area contributed by atoms with Crippen molar-refractivity contribution >= 4 is 5.91 Å². The number of morpholine rings is 1. The van der Waals surface area contributed by atoms with E-state index in [1.165, 1.54) is 0 Å². The van der Waals surface area contributed by atoms with E-state index >= 15 is 0 Å². The highest BCUT2D eigenvalue weighted by atomic mass is 16.5. The fourth-order valence-corrected chi connectivity index (χ4v) is 1.76.